The number of aromatic nitrogens is 2. The van der Waals surface area contributed by atoms with Gasteiger partial charge in [-0.3, -0.25) is 0 Å². The van der Waals surface area contributed by atoms with Gasteiger partial charge in [0.15, 0.2) is 0 Å². The van der Waals surface area contributed by atoms with Crippen molar-refractivity contribution in [2.45, 2.75) is 0 Å². The van der Waals surface area contributed by atoms with Crippen molar-refractivity contribution < 1.29 is 0 Å². The summed E-state index contributed by atoms with van der Waals surface area (Å²) < 4.78 is 0. The first-order valence-corrected chi connectivity index (χ1v) is 15.9. The van der Waals surface area contributed by atoms with Gasteiger partial charge >= 0.3 is 0 Å². The van der Waals surface area contributed by atoms with Gasteiger partial charge in [0.05, 0.1) is 11.4 Å². The molecule has 5 heteroatoms. The monoisotopic (exact) mass is 617 g/mol. The molecule has 5 nitrogen and oxygen atoms in total. The van der Waals surface area contributed by atoms with Gasteiger partial charge in [-0.25, -0.2) is 9.97 Å². The second kappa shape index (κ2) is 12.7. The Hall–Kier alpha value is -6.59. The predicted octanol–water partition coefficient (Wildman–Crippen LogP) is 11.3. The zero-order valence-electron chi connectivity index (χ0n) is 26.1. The van der Waals surface area contributed by atoms with Crippen molar-refractivity contribution in [1.29, 1.82) is 5.41 Å². The SMILES string of the molecule is N=Cc1c(Nc2ccccc2)ccc(Nc2nc(-c3ccccc3)cc(-c3ccccc3)n2)c1-c1ccc2c(ccc3ccccc32)c1. The molecule has 0 amide bonds. The zero-order chi connectivity index (χ0) is 32.3. The summed E-state index contributed by atoms with van der Waals surface area (Å²) in [6.45, 7) is 0. The van der Waals surface area contributed by atoms with Crippen LogP contribution in [-0.4, -0.2) is 16.2 Å². The van der Waals surface area contributed by atoms with Crippen LogP contribution in [0, 0.1) is 5.41 Å². The topological polar surface area (TPSA) is 73.7 Å². The molecule has 0 spiro atoms. The summed E-state index contributed by atoms with van der Waals surface area (Å²) in [5.74, 6) is 0.475. The standard InChI is InChI=1S/C43H31N5/c44-28-37-38(45-34-17-8-3-9-18-34)24-25-39(42(37)33-22-23-36-32(26-33)21-20-29-12-10-11-19-35(29)36)46-43-47-40(30-13-4-1-5-14-30)27-41(48-43)31-15-6-2-7-16-31/h1-28,44-45H,(H,46,47,48). The van der Waals surface area contributed by atoms with Crippen LogP contribution in [0.15, 0.2) is 164 Å². The third kappa shape index (κ3) is 5.65. The van der Waals surface area contributed by atoms with Crippen molar-refractivity contribution in [3.05, 3.63) is 169 Å². The molecule has 8 aromatic rings. The molecule has 0 aliphatic rings. The van der Waals surface area contributed by atoms with Crippen molar-refractivity contribution >= 4 is 50.8 Å². The molecular weight excluding hydrogens is 587 g/mol. The molecule has 1 heterocycles. The quantitative estimate of drug-likeness (QED) is 0.117. The molecule has 3 N–H and O–H groups in total. The lowest BCUT2D eigenvalue weighted by Crippen LogP contribution is -2.05. The molecule has 0 unspecified atom stereocenters. The Morgan fingerprint density at radius 2 is 1.04 bits per heavy atom. The van der Waals surface area contributed by atoms with E-state index < -0.39 is 0 Å². The molecule has 0 saturated heterocycles. The highest BCUT2D eigenvalue weighted by Crippen LogP contribution is 2.40. The van der Waals surface area contributed by atoms with Crippen LogP contribution < -0.4 is 10.6 Å². The molecule has 0 saturated carbocycles. The second-order valence-corrected chi connectivity index (χ2v) is 11.6. The molecular formula is C43H31N5. The Morgan fingerprint density at radius 1 is 0.458 bits per heavy atom. The molecule has 0 aliphatic carbocycles. The van der Waals surface area contributed by atoms with Crippen LogP contribution in [0.1, 0.15) is 5.56 Å². The van der Waals surface area contributed by atoms with Crippen molar-refractivity contribution in [2.24, 2.45) is 0 Å². The molecule has 1 aromatic heterocycles. The van der Waals surface area contributed by atoms with E-state index >= 15 is 0 Å². The third-order valence-corrected chi connectivity index (χ3v) is 8.59. The van der Waals surface area contributed by atoms with Crippen LogP contribution >= 0.6 is 0 Å². The summed E-state index contributed by atoms with van der Waals surface area (Å²) in [5, 5.41) is 20.5. The third-order valence-electron chi connectivity index (χ3n) is 8.59. The van der Waals surface area contributed by atoms with Crippen molar-refractivity contribution in [2.75, 3.05) is 10.6 Å². The highest BCUT2D eigenvalue weighted by molar-refractivity contribution is 6.10. The van der Waals surface area contributed by atoms with Gasteiger partial charge in [-0.1, -0.05) is 127 Å². The van der Waals surface area contributed by atoms with Gasteiger partial charge in [0.25, 0.3) is 0 Å². The maximum atomic E-state index is 8.66. The van der Waals surface area contributed by atoms with E-state index in [0.717, 1.165) is 61.7 Å². The van der Waals surface area contributed by atoms with Crippen LogP contribution in [0.4, 0.5) is 23.0 Å². The lowest BCUT2D eigenvalue weighted by Gasteiger charge is -2.19. The summed E-state index contributed by atoms with van der Waals surface area (Å²) in [6, 6.07) is 55.7. The number of hydrogen-bond acceptors (Lipinski definition) is 5. The van der Waals surface area contributed by atoms with Crippen LogP contribution in [0.3, 0.4) is 0 Å². The number of nitrogens with one attached hydrogen (secondary N) is 3. The number of rotatable bonds is 8. The van der Waals surface area contributed by atoms with Gasteiger partial charge in [0.2, 0.25) is 5.95 Å². The van der Waals surface area contributed by atoms with Gasteiger partial charge in [-0.2, -0.15) is 0 Å². The van der Waals surface area contributed by atoms with Crippen molar-refractivity contribution in [3.63, 3.8) is 0 Å². The highest BCUT2D eigenvalue weighted by Gasteiger charge is 2.18. The smallest absolute Gasteiger partial charge is 0.228 e. The van der Waals surface area contributed by atoms with E-state index in [2.05, 4.69) is 89.5 Å². The zero-order valence-corrected chi connectivity index (χ0v) is 26.1. The fraction of sp³-hybridized carbons (Fsp3) is 0. The van der Waals surface area contributed by atoms with Gasteiger partial charge in [-0.05, 0) is 63.5 Å². The number of hydrogen-bond donors (Lipinski definition) is 3. The Morgan fingerprint density at radius 3 is 1.73 bits per heavy atom. The molecule has 0 fully saturated rings. The van der Waals surface area contributed by atoms with E-state index in [1.807, 2.05) is 84.9 Å². The Balaban J connectivity index is 1.30. The maximum Gasteiger partial charge on any atom is 0.228 e. The first kappa shape index (κ1) is 28.9. The van der Waals surface area contributed by atoms with Gasteiger partial charge < -0.3 is 16.0 Å². The Bertz CT molecular complexity index is 2350. The maximum absolute atomic E-state index is 8.66. The van der Waals surface area contributed by atoms with Crippen LogP contribution in [0.25, 0.3) is 55.2 Å². The Kier molecular flexibility index (Phi) is 7.61. The van der Waals surface area contributed by atoms with Crippen LogP contribution in [-0.2, 0) is 0 Å². The molecule has 0 aliphatic heterocycles. The average Bonchev–Trinajstić information content (AvgIpc) is 3.16. The summed E-state index contributed by atoms with van der Waals surface area (Å²) in [6.07, 6.45) is 1.42. The fourth-order valence-corrected chi connectivity index (χ4v) is 6.28. The predicted molar refractivity (Wildman–Crippen MR) is 201 cm³/mol. The summed E-state index contributed by atoms with van der Waals surface area (Å²) in [4.78, 5) is 9.99. The van der Waals surface area contributed by atoms with E-state index in [0.29, 0.717) is 5.95 Å². The number of anilines is 4. The normalized spacial score (nSPS) is 11.0. The Labute approximate surface area is 279 Å². The molecule has 48 heavy (non-hydrogen) atoms. The van der Waals surface area contributed by atoms with Crippen molar-refractivity contribution in [1.82, 2.24) is 9.97 Å². The van der Waals surface area contributed by atoms with Gasteiger partial charge in [0.1, 0.15) is 0 Å². The minimum Gasteiger partial charge on any atom is -0.355 e. The summed E-state index contributed by atoms with van der Waals surface area (Å²) in [5.41, 5.74) is 8.86. The van der Waals surface area contributed by atoms with Gasteiger partial charge in [0, 0.05) is 45.5 Å². The molecule has 7 aromatic carbocycles. The summed E-state index contributed by atoms with van der Waals surface area (Å²) in [7, 11) is 0. The summed E-state index contributed by atoms with van der Waals surface area (Å²) >= 11 is 0. The molecule has 228 valence electrons. The molecule has 0 radical (unpaired) electrons. The molecule has 8 rings (SSSR count). The lowest BCUT2D eigenvalue weighted by atomic mass is 9.93. The molecule has 0 atom stereocenters. The minimum atomic E-state index is 0.475. The first-order chi connectivity index (χ1) is 23.7. The second-order valence-electron chi connectivity index (χ2n) is 11.6. The highest BCUT2D eigenvalue weighted by atomic mass is 15.1. The first-order valence-electron chi connectivity index (χ1n) is 15.9. The van der Waals surface area contributed by atoms with E-state index in [9.17, 15) is 0 Å². The number of nitrogens with zero attached hydrogens (tertiary/aromatic N) is 2. The largest absolute Gasteiger partial charge is 0.355 e. The van der Waals surface area contributed by atoms with E-state index in [1.54, 1.807) is 0 Å². The van der Waals surface area contributed by atoms with Crippen molar-refractivity contribution in [3.8, 4) is 33.6 Å². The number of fused-ring (bicyclic) bond motifs is 3. The van der Waals surface area contributed by atoms with Crippen LogP contribution in [0.5, 0.6) is 0 Å². The van der Waals surface area contributed by atoms with E-state index in [-0.39, 0.29) is 0 Å². The molecule has 0 bridgehead atoms. The average molecular weight is 618 g/mol. The van der Waals surface area contributed by atoms with E-state index in [1.165, 1.54) is 22.4 Å². The van der Waals surface area contributed by atoms with E-state index in [4.69, 9.17) is 15.4 Å². The van der Waals surface area contributed by atoms with Crippen LogP contribution in [0.2, 0.25) is 0 Å². The minimum absolute atomic E-state index is 0.475. The van der Waals surface area contributed by atoms with Gasteiger partial charge in [-0.15, -0.1) is 0 Å². The lowest BCUT2D eigenvalue weighted by molar-refractivity contribution is 1.17. The fourth-order valence-electron chi connectivity index (χ4n) is 6.28. The number of benzene rings is 7. The number of para-hydroxylation sites is 1.